The number of aromatic amines is 1. The van der Waals surface area contributed by atoms with Gasteiger partial charge in [0.25, 0.3) is 5.56 Å². The van der Waals surface area contributed by atoms with Crippen molar-refractivity contribution in [3.05, 3.63) is 52.4 Å². The SMILES string of the molecule is O=c1c2c(nc3cc(-c4ccccc4)[nH]n13)CCCS2. The number of aromatic nitrogens is 3. The summed E-state index contributed by atoms with van der Waals surface area (Å²) in [7, 11) is 0. The normalized spacial score (nSPS) is 14.4. The average molecular weight is 283 g/mol. The van der Waals surface area contributed by atoms with E-state index in [2.05, 4.69) is 10.1 Å². The highest BCUT2D eigenvalue weighted by atomic mass is 32.2. The molecule has 1 aliphatic rings. The molecule has 4 nitrogen and oxygen atoms in total. The van der Waals surface area contributed by atoms with Crippen LogP contribution < -0.4 is 5.56 Å². The quantitative estimate of drug-likeness (QED) is 0.747. The molecule has 0 radical (unpaired) electrons. The molecule has 0 aliphatic carbocycles. The first-order valence-electron chi connectivity index (χ1n) is 6.66. The van der Waals surface area contributed by atoms with Crippen LogP contribution in [0.4, 0.5) is 0 Å². The van der Waals surface area contributed by atoms with Crippen LogP contribution in [0.15, 0.2) is 46.1 Å². The van der Waals surface area contributed by atoms with E-state index in [1.165, 1.54) is 0 Å². The van der Waals surface area contributed by atoms with Gasteiger partial charge < -0.3 is 0 Å². The van der Waals surface area contributed by atoms with Crippen LogP contribution in [0.5, 0.6) is 0 Å². The summed E-state index contributed by atoms with van der Waals surface area (Å²) in [5.41, 5.74) is 3.66. The van der Waals surface area contributed by atoms with Crippen molar-refractivity contribution >= 4 is 17.4 Å². The molecule has 0 fully saturated rings. The zero-order valence-corrected chi connectivity index (χ0v) is 11.6. The number of H-pyrrole nitrogens is 1. The summed E-state index contributed by atoms with van der Waals surface area (Å²) in [5.74, 6) is 1.00. The molecule has 100 valence electrons. The standard InChI is InChI=1S/C15H13N3OS/c19-15-14-11(7-4-8-20-14)16-13-9-12(17-18(13)15)10-5-2-1-3-6-10/h1-3,5-6,9,17H,4,7-8H2. The molecule has 0 saturated carbocycles. The van der Waals surface area contributed by atoms with Crippen LogP contribution in [0.2, 0.25) is 0 Å². The number of rotatable bonds is 1. The Hall–Kier alpha value is -2.01. The highest BCUT2D eigenvalue weighted by Crippen LogP contribution is 2.26. The van der Waals surface area contributed by atoms with E-state index in [0.717, 1.165) is 40.4 Å². The van der Waals surface area contributed by atoms with Crippen molar-refractivity contribution in [2.45, 2.75) is 17.7 Å². The number of fused-ring (bicyclic) bond motifs is 2. The van der Waals surface area contributed by atoms with Crippen molar-refractivity contribution in [2.24, 2.45) is 0 Å². The van der Waals surface area contributed by atoms with Gasteiger partial charge >= 0.3 is 0 Å². The second kappa shape index (κ2) is 4.52. The van der Waals surface area contributed by atoms with E-state index in [4.69, 9.17) is 0 Å². The third kappa shape index (κ3) is 1.78. The molecule has 3 aromatic rings. The molecule has 20 heavy (non-hydrogen) atoms. The van der Waals surface area contributed by atoms with Gasteiger partial charge in [-0.2, -0.15) is 0 Å². The highest BCUT2D eigenvalue weighted by Gasteiger charge is 2.18. The van der Waals surface area contributed by atoms with Crippen LogP contribution in [0.25, 0.3) is 16.9 Å². The lowest BCUT2D eigenvalue weighted by atomic mass is 10.2. The maximum Gasteiger partial charge on any atom is 0.286 e. The van der Waals surface area contributed by atoms with Crippen LogP contribution in [-0.2, 0) is 6.42 Å². The number of benzene rings is 1. The van der Waals surface area contributed by atoms with Gasteiger partial charge in [-0.3, -0.25) is 9.89 Å². The third-order valence-corrected chi connectivity index (χ3v) is 4.72. The molecule has 0 atom stereocenters. The van der Waals surface area contributed by atoms with Gasteiger partial charge in [0.2, 0.25) is 0 Å². The van der Waals surface area contributed by atoms with Gasteiger partial charge in [0, 0.05) is 6.07 Å². The average Bonchev–Trinajstić information content (AvgIpc) is 2.93. The predicted molar refractivity (Wildman–Crippen MR) is 80.3 cm³/mol. The fraction of sp³-hybridized carbons (Fsp3) is 0.200. The number of nitrogens with zero attached hydrogens (tertiary/aromatic N) is 2. The van der Waals surface area contributed by atoms with Crippen LogP contribution in [0.1, 0.15) is 12.1 Å². The lowest BCUT2D eigenvalue weighted by Crippen LogP contribution is -2.21. The first kappa shape index (κ1) is 11.8. The molecule has 0 unspecified atom stereocenters. The third-order valence-electron chi connectivity index (χ3n) is 3.53. The van der Waals surface area contributed by atoms with Crippen molar-refractivity contribution < 1.29 is 0 Å². The van der Waals surface area contributed by atoms with Gasteiger partial charge in [0.1, 0.15) is 0 Å². The molecule has 4 rings (SSSR count). The monoisotopic (exact) mass is 283 g/mol. The minimum Gasteiger partial charge on any atom is -0.289 e. The largest absolute Gasteiger partial charge is 0.289 e. The number of hydrogen-bond acceptors (Lipinski definition) is 3. The summed E-state index contributed by atoms with van der Waals surface area (Å²) < 4.78 is 1.56. The Morgan fingerprint density at radius 2 is 2.10 bits per heavy atom. The molecule has 0 bridgehead atoms. The molecule has 0 spiro atoms. The van der Waals surface area contributed by atoms with Gasteiger partial charge in [0.15, 0.2) is 5.65 Å². The topological polar surface area (TPSA) is 50.2 Å². The highest BCUT2D eigenvalue weighted by molar-refractivity contribution is 7.99. The van der Waals surface area contributed by atoms with Gasteiger partial charge in [-0.1, -0.05) is 30.3 Å². The Morgan fingerprint density at radius 1 is 1.25 bits per heavy atom. The van der Waals surface area contributed by atoms with Crippen molar-refractivity contribution in [3.8, 4) is 11.3 Å². The Balaban J connectivity index is 1.96. The minimum atomic E-state index is 0.0249. The van der Waals surface area contributed by atoms with E-state index in [-0.39, 0.29) is 5.56 Å². The molecular weight excluding hydrogens is 270 g/mol. The van der Waals surface area contributed by atoms with Gasteiger partial charge in [-0.25, -0.2) is 9.50 Å². The summed E-state index contributed by atoms with van der Waals surface area (Å²) in [6.07, 6.45) is 2.00. The van der Waals surface area contributed by atoms with Gasteiger partial charge in [0.05, 0.1) is 16.3 Å². The molecule has 1 N–H and O–H groups in total. The van der Waals surface area contributed by atoms with Gasteiger partial charge in [-0.05, 0) is 24.2 Å². The molecule has 0 saturated heterocycles. The molecule has 2 aromatic heterocycles. The van der Waals surface area contributed by atoms with Crippen molar-refractivity contribution in [2.75, 3.05) is 5.75 Å². The first-order chi connectivity index (χ1) is 9.83. The minimum absolute atomic E-state index is 0.0249. The first-order valence-corrected chi connectivity index (χ1v) is 7.64. The maximum absolute atomic E-state index is 12.5. The van der Waals surface area contributed by atoms with Crippen LogP contribution in [-0.4, -0.2) is 20.4 Å². The van der Waals surface area contributed by atoms with Crippen LogP contribution in [0.3, 0.4) is 0 Å². The number of thioether (sulfide) groups is 1. The van der Waals surface area contributed by atoms with E-state index in [1.807, 2.05) is 36.4 Å². The van der Waals surface area contributed by atoms with E-state index < -0.39 is 0 Å². The number of hydrogen-bond donors (Lipinski definition) is 1. The van der Waals surface area contributed by atoms with E-state index in [0.29, 0.717) is 5.65 Å². The maximum atomic E-state index is 12.5. The van der Waals surface area contributed by atoms with E-state index >= 15 is 0 Å². The second-order valence-corrected chi connectivity index (χ2v) is 5.98. The lowest BCUT2D eigenvalue weighted by molar-refractivity contribution is 0.786. The Labute approximate surface area is 119 Å². The molecule has 0 amide bonds. The Morgan fingerprint density at radius 3 is 2.95 bits per heavy atom. The van der Waals surface area contributed by atoms with Crippen molar-refractivity contribution in [1.29, 1.82) is 0 Å². The number of aryl methyl sites for hydroxylation is 1. The fourth-order valence-electron chi connectivity index (χ4n) is 2.55. The Kier molecular flexibility index (Phi) is 2.67. The zero-order valence-electron chi connectivity index (χ0n) is 10.8. The summed E-state index contributed by atoms with van der Waals surface area (Å²) in [5, 5.41) is 3.16. The second-order valence-electron chi connectivity index (χ2n) is 4.87. The molecule has 1 aliphatic heterocycles. The van der Waals surface area contributed by atoms with Crippen molar-refractivity contribution in [3.63, 3.8) is 0 Å². The predicted octanol–water partition coefficient (Wildman–Crippen LogP) is 2.73. The smallest absolute Gasteiger partial charge is 0.286 e. The molecular formula is C15H13N3OS. The zero-order chi connectivity index (χ0) is 13.5. The van der Waals surface area contributed by atoms with Crippen molar-refractivity contribution in [1.82, 2.24) is 14.6 Å². The molecule has 3 heterocycles. The Bertz CT molecular complexity index is 835. The van der Waals surface area contributed by atoms with Crippen LogP contribution >= 0.6 is 11.8 Å². The number of nitrogens with one attached hydrogen (secondary N) is 1. The lowest BCUT2D eigenvalue weighted by Gasteiger charge is -2.12. The molecule has 1 aromatic carbocycles. The van der Waals surface area contributed by atoms with Crippen LogP contribution in [0, 0.1) is 0 Å². The summed E-state index contributed by atoms with van der Waals surface area (Å²) >= 11 is 1.62. The van der Waals surface area contributed by atoms with Gasteiger partial charge in [-0.15, -0.1) is 11.8 Å². The summed E-state index contributed by atoms with van der Waals surface area (Å²) in [4.78, 5) is 17.9. The summed E-state index contributed by atoms with van der Waals surface area (Å²) in [6.45, 7) is 0. The fourth-order valence-corrected chi connectivity index (χ4v) is 3.57. The summed E-state index contributed by atoms with van der Waals surface area (Å²) in [6, 6.07) is 11.9. The van der Waals surface area contributed by atoms with E-state index in [1.54, 1.807) is 16.3 Å². The molecule has 5 heteroatoms. The van der Waals surface area contributed by atoms with E-state index in [9.17, 15) is 4.79 Å².